The second-order valence-corrected chi connectivity index (χ2v) is 6.13. The van der Waals surface area contributed by atoms with Crippen LogP contribution in [0.5, 0.6) is 0 Å². The lowest BCUT2D eigenvalue weighted by molar-refractivity contribution is 0.0340. The van der Waals surface area contributed by atoms with Crippen LogP contribution in [-0.2, 0) is 11.3 Å². The molecule has 94 valence electrons. The van der Waals surface area contributed by atoms with Gasteiger partial charge in [-0.15, -0.1) is 0 Å². The molecule has 1 heterocycles. The van der Waals surface area contributed by atoms with Crippen LogP contribution >= 0.6 is 22.6 Å². The van der Waals surface area contributed by atoms with Crippen molar-refractivity contribution in [3.8, 4) is 0 Å². The van der Waals surface area contributed by atoms with Gasteiger partial charge in [-0.05, 0) is 51.8 Å². The number of halogens is 1. The van der Waals surface area contributed by atoms with Gasteiger partial charge in [0, 0.05) is 23.2 Å². The van der Waals surface area contributed by atoms with Gasteiger partial charge >= 0.3 is 0 Å². The third-order valence-corrected chi connectivity index (χ3v) is 3.90. The fourth-order valence-corrected chi connectivity index (χ4v) is 2.83. The summed E-state index contributed by atoms with van der Waals surface area (Å²) >= 11 is 2.40. The van der Waals surface area contributed by atoms with E-state index in [9.17, 15) is 0 Å². The van der Waals surface area contributed by atoms with Crippen molar-refractivity contribution in [1.82, 2.24) is 4.90 Å². The SMILES string of the molecule is CC(C)c1ccc(I)cc1CN1CCOCC1. The summed E-state index contributed by atoms with van der Waals surface area (Å²) in [5.74, 6) is 0.600. The molecule has 3 heteroatoms. The second-order valence-electron chi connectivity index (χ2n) is 4.89. The average Bonchev–Trinajstić information content (AvgIpc) is 2.30. The van der Waals surface area contributed by atoms with E-state index in [1.54, 1.807) is 0 Å². The number of morpholine rings is 1. The van der Waals surface area contributed by atoms with Gasteiger partial charge in [-0.25, -0.2) is 0 Å². The van der Waals surface area contributed by atoms with E-state index in [2.05, 4.69) is 59.5 Å². The van der Waals surface area contributed by atoms with Gasteiger partial charge in [0.05, 0.1) is 13.2 Å². The summed E-state index contributed by atoms with van der Waals surface area (Å²) in [7, 11) is 0. The lowest BCUT2D eigenvalue weighted by Gasteiger charge is -2.28. The lowest BCUT2D eigenvalue weighted by Crippen LogP contribution is -2.35. The van der Waals surface area contributed by atoms with Gasteiger partial charge in [0.15, 0.2) is 0 Å². The Hall–Kier alpha value is -0.130. The Bertz CT molecular complexity index is 372. The van der Waals surface area contributed by atoms with E-state index in [0.29, 0.717) is 5.92 Å². The molecule has 0 bridgehead atoms. The molecule has 0 radical (unpaired) electrons. The zero-order valence-electron chi connectivity index (χ0n) is 10.6. The topological polar surface area (TPSA) is 12.5 Å². The summed E-state index contributed by atoms with van der Waals surface area (Å²) in [6.07, 6.45) is 0. The third-order valence-electron chi connectivity index (χ3n) is 3.22. The molecule has 0 unspecified atom stereocenters. The zero-order valence-corrected chi connectivity index (χ0v) is 12.7. The Labute approximate surface area is 117 Å². The Balaban J connectivity index is 2.14. The first-order valence-electron chi connectivity index (χ1n) is 6.25. The normalized spacial score (nSPS) is 17.6. The molecule has 1 fully saturated rings. The first kappa shape index (κ1) is 13.3. The van der Waals surface area contributed by atoms with Crippen LogP contribution in [0.3, 0.4) is 0 Å². The van der Waals surface area contributed by atoms with Crippen molar-refractivity contribution in [2.45, 2.75) is 26.3 Å². The Kier molecular flexibility index (Phi) is 4.82. The first-order valence-corrected chi connectivity index (χ1v) is 7.33. The van der Waals surface area contributed by atoms with Crippen molar-refractivity contribution >= 4 is 22.6 Å². The molecule has 0 aliphatic carbocycles. The van der Waals surface area contributed by atoms with E-state index in [4.69, 9.17) is 4.74 Å². The van der Waals surface area contributed by atoms with E-state index in [1.165, 1.54) is 14.7 Å². The van der Waals surface area contributed by atoms with E-state index in [0.717, 1.165) is 32.8 Å². The van der Waals surface area contributed by atoms with Gasteiger partial charge in [0.1, 0.15) is 0 Å². The lowest BCUT2D eigenvalue weighted by atomic mass is 9.97. The molecule has 1 aliphatic heterocycles. The molecule has 1 saturated heterocycles. The molecule has 0 N–H and O–H groups in total. The molecule has 1 aliphatic rings. The predicted molar refractivity (Wildman–Crippen MR) is 79.3 cm³/mol. The number of nitrogens with zero attached hydrogens (tertiary/aromatic N) is 1. The molecule has 1 aromatic rings. The molecule has 2 rings (SSSR count). The van der Waals surface area contributed by atoms with Crippen LogP contribution in [0, 0.1) is 3.57 Å². The Morgan fingerprint density at radius 1 is 1.29 bits per heavy atom. The fourth-order valence-electron chi connectivity index (χ4n) is 2.27. The number of rotatable bonds is 3. The van der Waals surface area contributed by atoms with Gasteiger partial charge < -0.3 is 4.74 Å². The molecule has 17 heavy (non-hydrogen) atoms. The maximum Gasteiger partial charge on any atom is 0.0594 e. The minimum atomic E-state index is 0.600. The van der Waals surface area contributed by atoms with Crippen molar-refractivity contribution < 1.29 is 4.74 Å². The summed E-state index contributed by atoms with van der Waals surface area (Å²) < 4.78 is 6.72. The van der Waals surface area contributed by atoms with E-state index in [-0.39, 0.29) is 0 Å². The van der Waals surface area contributed by atoms with Crippen molar-refractivity contribution in [2.24, 2.45) is 0 Å². The van der Waals surface area contributed by atoms with Crippen molar-refractivity contribution in [2.75, 3.05) is 26.3 Å². The zero-order chi connectivity index (χ0) is 12.3. The van der Waals surface area contributed by atoms with Gasteiger partial charge in [-0.1, -0.05) is 19.9 Å². The molecule has 0 aromatic heterocycles. The fraction of sp³-hybridized carbons (Fsp3) is 0.571. The smallest absolute Gasteiger partial charge is 0.0594 e. The first-order chi connectivity index (χ1) is 8.16. The number of benzene rings is 1. The third kappa shape index (κ3) is 3.66. The molecule has 0 saturated carbocycles. The maximum atomic E-state index is 5.40. The second kappa shape index (κ2) is 6.16. The summed E-state index contributed by atoms with van der Waals surface area (Å²) in [4.78, 5) is 2.49. The van der Waals surface area contributed by atoms with Crippen LogP contribution in [0.2, 0.25) is 0 Å². The standard InChI is InChI=1S/C14H20INO/c1-11(2)14-4-3-13(15)9-12(14)10-16-5-7-17-8-6-16/h3-4,9,11H,5-8,10H2,1-2H3. The van der Waals surface area contributed by atoms with Crippen LogP contribution < -0.4 is 0 Å². The minimum absolute atomic E-state index is 0.600. The van der Waals surface area contributed by atoms with E-state index >= 15 is 0 Å². The molecular formula is C14H20INO. The van der Waals surface area contributed by atoms with Gasteiger partial charge in [-0.3, -0.25) is 4.90 Å². The maximum absolute atomic E-state index is 5.40. The molecular weight excluding hydrogens is 325 g/mol. The summed E-state index contributed by atoms with van der Waals surface area (Å²) in [6.45, 7) is 9.47. The Morgan fingerprint density at radius 2 is 2.00 bits per heavy atom. The van der Waals surface area contributed by atoms with Crippen LogP contribution in [0.1, 0.15) is 30.9 Å². The quantitative estimate of drug-likeness (QED) is 0.780. The van der Waals surface area contributed by atoms with Crippen LogP contribution in [0.4, 0.5) is 0 Å². The van der Waals surface area contributed by atoms with Crippen molar-refractivity contribution in [1.29, 1.82) is 0 Å². The molecule has 0 spiro atoms. The predicted octanol–water partition coefficient (Wildman–Crippen LogP) is 3.25. The average molecular weight is 345 g/mol. The minimum Gasteiger partial charge on any atom is -0.379 e. The molecule has 0 atom stereocenters. The van der Waals surface area contributed by atoms with Gasteiger partial charge in [0.2, 0.25) is 0 Å². The van der Waals surface area contributed by atoms with Crippen LogP contribution in [-0.4, -0.2) is 31.2 Å². The number of hydrogen-bond acceptors (Lipinski definition) is 2. The number of ether oxygens (including phenoxy) is 1. The highest BCUT2D eigenvalue weighted by Gasteiger charge is 2.14. The van der Waals surface area contributed by atoms with Crippen LogP contribution in [0.15, 0.2) is 18.2 Å². The number of hydrogen-bond donors (Lipinski definition) is 0. The molecule has 0 amide bonds. The summed E-state index contributed by atoms with van der Waals surface area (Å²) in [6, 6.07) is 6.81. The summed E-state index contributed by atoms with van der Waals surface area (Å²) in [5.41, 5.74) is 2.96. The molecule has 2 nitrogen and oxygen atoms in total. The largest absolute Gasteiger partial charge is 0.379 e. The highest BCUT2D eigenvalue weighted by molar-refractivity contribution is 14.1. The highest BCUT2D eigenvalue weighted by Crippen LogP contribution is 2.23. The van der Waals surface area contributed by atoms with Gasteiger partial charge in [0.25, 0.3) is 0 Å². The van der Waals surface area contributed by atoms with Crippen molar-refractivity contribution in [3.05, 3.63) is 32.9 Å². The highest BCUT2D eigenvalue weighted by atomic mass is 127. The van der Waals surface area contributed by atoms with E-state index < -0.39 is 0 Å². The monoisotopic (exact) mass is 345 g/mol. The van der Waals surface area contributed by atoms with E-state index in [1.807, 2.05) is 0 Å². The van der Waals surface area contributed by atoms with Gasteiger partial charge in [-0.2, -0.15) is 0 Å². The molecule has 1 aromatic carbocycles. The Morgan fingerprint density at radius 3 is 2.65 bits per heavy atom. The summed E-state index contributed by atoms with van der Waals surface area (Å²) in [5, 5.41) is 0. The van der Waals surface area contributed by atoms with Crippen LogP contribution in [0.25, 0.3) is 0 Å². The van der Waals surface area contributed by atoms with Crippen molar-refractivity contribution in [3.63, 3.8) is 0 Å².